The van der Waals surface area contributed by atoms with Crippen molar-refractivity contribution in [1.29, 1.82) is 0 Å². The van der Waals surface area contributed by atoms with Crippen LogP contribution in [-0.2, 0) is 6.54 Å². The molecule has 0 aliphatic carbocycles. The highest BCUT2D eigenvalue weighted by atomic mass is 16.5. The third-order valence-electron chi connectivity index (χ3n) is 5.07. The van der Waals surface area contributed by atoms with Crippen molar-refractivity contribution < 1.29 is 19.0 Å². The maximum absolute atomic E-state index is 13.2. The predicted molar refractivity (Wildman–Crippen MR) is 122 cm³/mol. The van der Waals surface area contributed by atoms with E-state index in [1.807, 2.05) is 54.6 Å². The lowest BCUT2D eigenvalue weighted by Crippen LogP contribution is -2.23. The summed E-state index contributed by atoms with van der Waals surface area (Å²) in [6.07, 6.45) is 1.70. The smallest absolute Gasteiger partial charge is 0.252 e. The van der Waals surface area contributed by atoms with Crippen molar-refractivity contribution in [3.8, 4) is 28.6 Å². The zero-order chi connectivity index (χ0) is 22.5. The van der Waals surface area contributed by atoms with Crippen LogP contribution in [0.4, 0.5) is 0 Å². The molecule has 0 fully saturated rings. The Labute approximate surface area is 186 Å². The van der Waals surface area contributed by atoms with Gasteiger partial charge in [-0.1, -0.05) is 24.3 Å². The molecule has 4 rings (SSSR count). The second-order valence-corrected chi connectivity index (χ2v) is 7.00. The van der Waals surface area contributed by atoms with Crippen LogP contribution in [-0.4, -0.2) is 37.2 Å². The average Bonchev–Trinajstić information content (AvgIpc) is 2.86. The Morgan fingerprint density at radius 3 is 2.25 bits per heavy atom. The lowest BCUT2D eigenvalue weighted by atomic mass is 10.1. The Hall–Kier alpha value is -4.13. The number of hydrogen-bond donors (Lipinski definition) is 1. The van der Waals surface area contributed by atoms with Gasteiger partial charge in [-0.15, -0.1) is 0 Å². The fourth-order valence-corrected chi connectivity index (χ4v) is 3.52. The summed E-state index contributed by atoms with van der Waals surface area (Å²) in [5.74, 6) is 1.35. The first-order valence-corrected chi connectivity index (χ1v) is 10.0. The third kappa shape index (κ3) is 4.18. The van der Waals surface area contributed by atoms with E-state index in [4.69, 9.17) is 14.2 Å². The van der Waals surface area contributed by atoms with Gasteiger partial charge in [0.25, 0.3) is 5.91 Å². The van der Waals surface area contributed by atoms with E-state index in [1.54, 1.807) is 33.6 Å². The summed E-state index contributed by atoms with van der Waals surface area (Å²) in [7, 11) is 4.67. The highest BCUT2D eigenvalue weighted by molar-refractivity contribution is 6.07. The van der Waals surface area contributed by atoms with Crippen molar-refractivity contribution in [3.05, 3.63) is 78.0 Å². The number of methoxy groups -OCH3 is 3. The van der Waals surface area contributed by atoms with E-state index in [1.165, 1.54) is 0 Å². The van der Waals surface area contributed by atoms with Gasteiger partial charge in [-0.05, 0) is 42.0 Å². The molecule has 0 atom stereocenters. The second kappa shape index (κ2) is 9.34. The van der Waals surface area contributed by atoms with Crippen molar-refractivity contribution in [2.24, 2.45) is 0 Å². The number of aromatic nitrogens is 2. The van der Waals surface area contributed by atoms with Crippen molar-refractivity contribution in [1.82, 2.24) is 15.3 Å². The predicted octanol–water partition coefficient (Wildman–Crippen LogP) is 4.25. The third-order valence-corrected chi connectivity index (χ3v) is 5.07. The monoisotopic (exact) mass is 429 g/mol. The molecule has 7 heteroatoms. The van der Waals surface area contributed by atoms with Gasteiger partial charge in [0.05, 0.1) is 43.8 Å². The number of nitrogens with one attached hydrogen (secondary N) is 1. The normalized spacial score (nSPS) is 10.6. The van der Waals surface area contributed by atoms with Gasteiger partial charge in [0.2, 0.25) is 5.75 Å². The van der Waals surface area contributed by atoms with Gasteiger partial charge >= 0.3 is 0 Å². The molecule has 162 valence electrons. The molecule has 2 aromatic carbocycles. The van der Waals surface area contributed by atoms with Crippen LogP contribution in [0, 0.1) is 0 Å². The molecular weight excluding hydrogens is 406 g/mol. The topological polar surface area (TPSA) is 82.6 Å². The molecule has 0 saturated carbocycles. The standard InChI is InChI=1S/C25H23N3O4/c1-30-22-12-16(13-23(31-2)24(22)32-3)15-27-25(29)18-14-21(20-10-6-7-11-26-20)28-19-9-5-4-8-17(18)19/h4-14H,15H2,1-3H3,(H,27,29). The van der Waals surface area contributed by atoms with Crippen LogP contribution >= 0.6 is 0 Å². The Balaban J connectivity index is 1.66. The van der Waals surface area contributed by atoms with Crippen molar-refractivity contribution in [2.75, 3.05) is 21.3 Å². The molecule has 7 nitrogen and oxygen atoms in total. The lowest BCUT2D eigenvalue weighted by Gasteiger charge is -2.15. The largest absolute Gasteiger partial charge is 0.493 e. The number of carbonyl (C=O) groups is 1. The summed E-state index contributed by atoms with van der Waals surface area (Å²) in [5.41, 5.74) is 3.42. The molecule has 1 N–H and O–H groups in total. The molecular formula is C25H23N3O4. The molecule has 1 amide bonds. The minimum absolute atomic E-state index is 0.213. The second-order valence-electron chi connectivity index (χ2n) is 7.00. The first kappa shape index (κ1) is 21.1. The number of fused-ring (bicyclic) bond motifs is 1. The minimum atomic E-state index is -0.213. The fourth-order valence-electron chi connectivity index (χ4n) is 3.52. The van der Waals surface area contributed by atoms with Crippen LogP contribution in [0.5, 0.6) is 17.2 Å². The molecule has 2 heterocycles. The maximum Gasteiger partial charge on any atom is 0.252 e. The molecule has 2 aromatic heterocycles. The highest BCUT2D eigenvalue weighted by Crippen LogP contribution is 2.38. The van der Waals surface area contributed by atoms with Crippen LogP contribution in [0.15, 0.2) is 66.9 Å². The Morgan fingerprint density at radius 1 is 0.875 bits per heavy atom. The SMILES string of the molecule is COc1cc(CNC(=O)c2cc(-c3ccccn3)nc3ccccc23)cc(OC)c1OC. The summed E-state index contributed by atoms with van der Waals surface area (Å²) >= 11 is 0. The number of benzene rings is 2. The lowest BCUT2D eigenvalue weighted by molar-refractivity contribution is 0.0952. The van der Waals surface area contributed by atoms with Crippen LogP contribution in [0.1, 0.15) is 15.9 Å². The van der Waals surface area contributed by atoms with Crippen molar-refractivity contribution in [3.63, 3.8) is 0 Å². The molecule has 4 aromatic rings. The number of para-hydroxylation sites is 1. The van der Waals surface area contributed by atoms with Crippen LogP contribution < -0.4 is 19.5 Å². The number of amides is 1. The molecule has 0 radical (unpaired) electrons. The number of ether oxygens (including phenoxy) is 3. The highest BCUT2D eigenvalue weighted by Gasteiger charge is 2.16. The molecule has 0 aliphatic rings. The van der Waals surface area contributed by atoms with Gasteiger partial charge in [0, 0.05) is 18.1 Å². The number of hydrogen-bond acceptors (Lipinski definition) is 6. The van der Waals surface area contributed by atoms with Crippen LogP contribution in [0.25, 0.3) is 22.3 Å². The molecule has 0 aliphatic heterocycles. The van der Waals surface area contributed by atoms with E-state index in [-0.39, 0.29) is 12.5 Å². The summed E-state index contributed by atoms with van der Waals surface area (Å²) in [6.45, 7) is 0.283. The first-order chi connectivity index (χ1) is 15.6. The summed E-state index contributed by atoms with van der Waals surface area (Å²) in [4.78, 5) is 22.3. The Kier molecular flexibility index (Phi) is 6.17. The number of nitrogens with zero attached hydrogens (tertiary/aromatic N) is 2. The summed E-state index contributed by atoms with van der Waals surface area (Å²) < 4.78 is 16.2. The first-order valence-electron chi connectivity index (χ1n) is 10.0. The van der Waals surface area contributed by atoms with Crippen molar-refractivity contribution >= 4 is 16.8 Å². The van der Waals surface area contributed by atoms with E-state index in [9.17, 15) is 4.79 Å². The number of pyridine rings is 2. The Bertz CT molecular complexity index is 1230. The molecule has 32 heavy (non-hydrogen) atoms. The molecule has 0 saturated heterocycles. The average molecular weight is 429 g/mol. The maximum atomic E-state index is 13.2. The molecule has 0 bridgehead atoms. The van der Waals surface area contributed by atoms with Crippen LogP contribution in [0.2, 0.25) is 0 Å². The summed E-state index contributed by atoms with van der Waals surface area (Å²) in [5, 5.41) is 3.76. The van der Waals surface area contributed by atoms with Gasteiger partial charge in [-0.25, -0.2) is 4.98 Å². The zero-order valence-corrected chi connectivity index (χ0v) is 18.1. The van der Waals surface area contributed by atoms with Gasteiger partial charge in [0.1, 0.15) is 0 Å². The fraction of sp³-hybridized carbons (Fsp3) is 0.160. The Morgan fingerprint density at radius 2 is 1.59 bits per heavy atom. The number of carbonyl (C=O) groups excluding carboxylic acids is 1. The van der Waals surface area contributed by atoms with E-state index in [0.717, 1.165) is 16.5 Å². The van der Waals surface area contributed by atoms with Crippen molar-refractivity contribution in [2.45, 2.75) is 6.54 Å². The van der Waals surface area contributed by atoms with E-state index < -0.39 is 0 Å². The zero-order valence-electron chi connectivity index (χ0n) is 18.1. The van der Waals surface area contributed by atoms with Crippen LogP contribution in [0.3, 0.4) is 0 Å². The minimum Gasteiger partial charge on any atom is -0.493 e. The van der Waals surface area contributed by atoms with Gasteiger partial charge in [-0.3, -0.25) is 9.78 Å². The quantitative estimate of drug-likeness (QED) is 0.473. The molecule has 0 spiro atoms. The summed E-state index contributed by atoms with van der Waals surface area (Å²) in [6, 6.07) is 18.6. The van der Waals surface area contributed by atoms with Gasteiger partial charge < -0.3 is 19.5 Å². The van der Waals surface area contributed by atoms with Gasteiger partial charge in [-0.2, -0.15) is 0 Å². The van der Waals surface area contributed by atoms with E-state index in [2.05, 4.69) is 15.3 Å². The van der Waals surface area contributed by atoms with Gasteiger partial charge in [0.15, 0.2) is 11.5 Å². The van der Waals surface area contributed by atoms with E-state index in [0.29, 0.717) is 34.2 Å². The molecule has 0 unspecified atom stereocenters. The van der Waals surface area contributed by atoms with E-state index >= 15 is 0 Å². The number of rotatable bonds is 7.